The minimum absolute atomic E-state index is 0.0284. The van der Waals surface area contributed by atoms with Crippen LogP contribution in [-0.2, 0) is 11.3 Å². The van der Waals surface area contributed by atoms with Crippen LogP contribution >= 0.6 is 22.9 Å². The summed E-state index contributed by atoms with van der Waals surface area (Å²) in [5.74, 6) is -0.516. The molecule has 0 aliphatic rings. The molecule has 0 atom stereocenters. The van der Waals surface area contributed by atoms with E-state index in [4.69, 9.17) is 16.3 Å². The van der Waals surface area contributed by atoms with Crippen molar-refractivity contribution in [2.24, 2.45) is 5.92 Å². The van der Waals surface area contributed by atoms with Gasteiger partial charge in [-0.1, -0.05) is 25.4 Å². The van der Waals surface area contributed by atoms with Gasteiger partial charge in [0.1, 0.15) is 10.0 Å². The van der Waals surface area contributed by atoms with Gasteiger partial charge in [0.15, 0.2) is 5.69 Å². The molecule has 8 nitrogen and oxygen atoms in total. The second-order valence-corrected chi connectivity index (χ2v) is 8.03. The number of ether oxygens (including phenoxy) is 1. The van der Waals surface area contributed by atoms with Gasteiger partial charge < -0.3 is 9.64 Å². The van der Waals surface area contributed by atoms with Crippen molar-refractivity contribution in [1.29, 1.82) is 0 Å². The smallest absolute Gasteiger partial charge is 0.357 e. The summed E-state index contributed by atoms with van der Waals surface area (Å²) in [6, 6.07) is 3.99. The molecule has 0 saturated heterocycles. The van der Waals surface area contributed by atoms with Crippen LogP contribution in [0.4, 0.5) is 5.69 Å². The summed E-state index contributed by atoms with van der Waals surface area (Å²) in [6.07, 6.45) is 0.748. The predicted molar refractivity (Wildman–Crippen MR) is 110 cm³/mol. The number of aromatic nitrogens is 1. The number of carbonyl (C=O) groups is 2. The van der Waals surface area contributed by atoms with Gasteiger partial charge in [-0.25, -0.2) is 9.78 Å². The van der Waals surface area contributed by atoms with E-state index in [0.717, 1.165) is 6.42 Å². The molecular weight excluding hydrogens is 418 g/mol. The van der Waals surface area contributed by atoms with Gasteiger partial charge in [0.25, 0.3) is 11.6 Å². The summed E-state index contributed by atoms with van der Waals surface area (Å²) in [5.41, 5.74) is 0.0532. The Balaban J connectivity index is 2.26. The first-order valence-electron chi connectivity index (χ1n) is 9.07. The zero-order valence-corrected chi connectivity index (χ0v) is 18.0. The molecular formula is C19H22ClN3O5S. The standard InChI is InChI=1S/C19H22ClN3O5S/c1-4-28-19(25)15-11-29-17(21-15)10-22(8-7-12(2)3)18(24)13-5-6-14(20)16(9-13)23(26)27/h5-6,9,11-12H,4,7-8,10H2,1-3H3. The molecule has 29 heavy (non-hydrogen) atoms. The quantitative estimate of drug-likeness (QED) is 0.322. The molecule has 0 saturated carbocycles. The van der Waals surface area contributed by atoms with E-state index in [1.54, 1.807) is 17.2 Å². The number of hydrogen-bond donors (Lipinski definition) is 0. The minimum atomic E-state index is -0.621. The molecule has 2 rings (SSSR count). The lowest BCUT2D eigenvalue weighted by Crippen LogP contribution is -2.32. The van der Waals surface area contributed by atoms with Gasteiger partial charge in [-0.3, -0.25) is 14.9 Å². The molecule has 0 aliphatic carbocycles. The van der Waals surface area contributed by atoms with Crippen LogP contribution in [0.25, 0.3) is 0 Å². The van der Waals surface area contributed by atoms with Gasteiger partial charge in [-0.2, -0.15) is 0 Å². The number of thiazole rings is 1. The van der Waals surface area contributed by atoms with Crippen molar-refractivity contribution < 1.29 is 19.2 Å². The van der Waals surface area contributed by atoms with E-state index in [2.05, 4.69) is 4.98 Å². The average molecular weight is 440 g/mol. The lowest BCUT2D eigenvalue weighted by Gasteiger charge is -2.22. The van der Waals surface area contributed by atoms with Crippen molar-refractivity contribution in [1.82, 2.24) is 9.88 Å². The molecule has 0 aliphatic heterocycles. The number of nitro groups is 1. The number of nitro benzene ring substituents is 1. The first-order chi connectivity index (χ1) is 13.7. The van der Waals surface area contributed by atoms with Crippen LogP contribution in [0.3, 0.4) is 0 Å². The Labute approximate surface area is 177 Å². The molecule has 10 heteroatoms. The summed E-state index contributed by atoms with van der Waals surface area (Å²) >= 11 is 7.10. The zero-order chi connectivity index (χ0) is 21.6. The van der Waals surface area contributed by atoms with Crippen LogP contribution in [0.15, 0.2) is 23.6 Å². The molecule has 2 aromatic rings. The lowest BCUT2D eigenvalue weighted by molar-refractivity contribution is -0.384. The van der Waals surface area contributed by atoms with Crippen molar-refractivity contribution in [3.8, 4) is 0 Å². The van der Waals surface area contributed by atoms with Crippen LogP contribution in [0.1, 0.15) is 53.0 Å². The van der Waals surface area contributed by atoms with E-state index in [1.807, 2.05) is 13.8 Å². The fourth-order valence-corrected chi connectivity index (χ4v) is 3.44. The topological polar surface area (TPSA) is 103 Å². The summed E-state index contributed by atoms with van der Waals surface area (Å²) in [7, 11) is 0. The fourth-order valence-electron chi connectivity index (χ4n) is 2.48. The summed E-state index contributed by atoms with van der Waals surface area (Å²) in [5, 5.41) is 13.3. The number of halogens is 1. The highest BCUT2D eigenvalue weighted by atomic mass is 35.5. The van der Waals surface area contributed by atoms with Crippen LogP contribution in [0.5, 0.6) is 0 Å². The maximum absolute atomic E-state index is 13.0. The third-order valence-electron chi connectivity index (χ3n) is 4.02. The monoisotopic (exact) mass is 439 g/mol. The second kappa shape index (κ2) is 10.3. The van der Waals surface area contributed by atoms with Crippen molar-refractivity contribution in [3.05, 3.63) is 55.0 Å². The Morgan fingerprint density at radius 3 is 2.72 bits per heavy atom. The Morgan fingerprint density at radius 1 is 1.38 bits per heavy atom. The third-order valence-corrected chi connectivity index (χ3v) is 5.17. The third kappa shape index (κ3) is 6.23. The molecule has 0 bridgehead atoms. The average Bonchev–Trinajstić information content (AvgIpc) is 3.13. The number of benzene rings is 1. The number of carbonyl (C=O) groups excluding carboxylic acids is 2. The Morgan fingerprint density at radius 2 is 2.10 bits per heavy atom. The second-order valence-electron chi connectivity index (χ2n) is 6.68. The van der Waals surface area contributed by atoms with Crippen LogP contribution in [0.2, 0.25) is 5.02 Å². The van der Waals surface area contributed by atoms with Gasteiger partial charge >= 0.3 is 5.97 Å². The number of rotatable bonds is 9. The fraction of sp³-hybridized carbons (Fsp3) is 0.421. The molecule has 156 valence electrons. The van der Waals surface area contributed by atoms with Crippen LogP contribution < -0.4 is 0 Å². The number of nitrogens with zero attached hydrogens (tertiary/aromatic N) is 3. The Kier molecular flexibility index (Phi) is 8.10. The maximum Gasteiger partial charge on any atom is 0.357 e. The molecule has 0 radical (unpaired) electrons. The van der Waals surface area contributed by atoms with Crippen molar-refractivity contribution in [2.75, 3.05) is 13.2 Å². The van der Waals surface area contributed by atoms with E-state index in [0.29, 0.717) is 17.5 Å². The molecule has 1 aromatic heterocycles. The Hall–Kier alpha value is -2.52. The van der Waals surface area contributed by atoms with Gasteiger partial charge in [-0.05, 0) is 31.4 Å². The highest BCUT2D eigenvalue weighted by Gasteiger charge is 2.22. The molecule has 0 unspecified atom stereocenters. The van der Waals surface area contributed by atoms with E-state index in [9.17, 15) is 19.7 Å². The highest BCUT2D eigenvalue weighted by Crippen LogP contribution is 2.26. The maximum atomic E-state index is 13.0. The molecule has 0 N–H and O–H groups in total. The minimum Gasteiger partial charge on any atom is -0.461 e. The highest BCUT2D eigenvalue weighted by molar-refractivity contribution is 7.09. The molecule has 0 spiro atoms. The zero-order valence-electron chi connectivity index (χ0n) is 16.4. The van der Waals surface area contributed by atoms with Crippen molar-refractivity contribution in [2.45, 2.75) is 33.7 Å². The normalized spacial score (nSPS) is 10.8. The van der Waals surface area contributed by atoms with Gasteiger partial charge in [0, 0.05) is 23.6 Å². The van der Waals surface area contributed by atoms with E-state index in [-0.39, 0.29) is 41.0 Å². The van der Waals surface area contributed by atoms with Crippen molar-refractivity contribution >= 4 is 40.5 Å². The lowest BCUT2D eigenvalue weighted by atomic mass is 10.1. The van der Waals surface area contributed by atoms with E-state index in [1.165, 1.54) is 29.5 Å². The Bertz CT molecular complexity index is 900. The first-order valence-corrected chi connectivity index (χ1v) is 10.3. The first kappa shape index (κ1) is 22.8. The van der Waals surface area contributed by atoms with Gasteiger partial charge in [-0.15, -0.1) is 11.3 Å². The van der Waals surface area contributed by atoms with Crippen LogP contribution in [0, 0.1) is 16.0 Å². The molecule has 0 fully saturated rings. The van der Waals surface area contributed by atoms with E-state index < -0.39 is 10.9 Å². The number of amides is 1. The summed E-state index contributed by atoms with van der Waals surface area (Å²) in [6.45, 7) is 6.67. The van der Waals surface area contributed by atoms with Crippen LogP contribution in [-0.4, -0.2) is 39.8 Å². The van der Waals surface area contributed by atoms with Crippen molar-refractivity contribution in [3.63, 3.8) is 0 Å². The predicted octanol–water partition coefficient (Wildman–Crippen LogP) is 4.57. The SMILES string of the molecule is CCOC(=O)c1csc(CN(CCC(C)C)C(=O)c2ccc(Cl)c([N+](=O)[O-])c2)n1. The van der Waals surface area contributed by atoms with Gasteiger partial charge in [0.05, 0.1) is 18.1 Å². The number of esters is 1. The molecule has 1 heterocycles. The number of hydrogen-bond acceptors (Lipinski definition) is 7. The summed E-state index contributed by atoms with van der Waals surface area (Å²) < 4.78 is 4.94. The van der Waals surface area contributed by atoms with E-state index >= 15 is 0 Å². The molecule has 1 aromatic carbocycles. The van der Waals surface area contributed by atoms with Gasteiger partial charge in [0.2, 0.25) is 0 Å². The summed E-state index contributed by atoms with van der Waals surface area (Å²) in [4.78, 5) is 41.2. The largest absolute Gasteiger partial charge is 0.461 e. The molecule has 1 amide bonds.